The average Bonchev–Trinajstić information content (AvgIpc) is 2.79. The number of para-hydroxylation sites is 1. The largest absolute Gasteiger partial charge is 0.379 e. The van der Waals surface area contributed by atoms with Crippen LogP contribution >= 0.6 is 11.6 Å². The molecule has 7 nitrogen and oxygen atoms in total. The van der Waals surface area contributed by atoms with Crippen molar-refractivity contribution in [2.75, 3.05) is 44.7 Å². The van der Waals surface area contributed by atoms with Gasteiger partial charge >= 0.3 is 6.03 Å². The normalized spacial score (nSPS) is 14.4. The molecule has 1 aliphatic rings. The number of amides is 2. The molecule has 2 amide bonds. The molecule has 3 aromatic rings. The Labute approximate surface area is 191 Å². The molecule has 2 aromatic carbocycles. The van der Waals surface area contributed by atoms with E-state index in [9.17, 15) is 9.59 Å². The van der Waals surface area contributed by atoms with Crippen LogP contribution in [0, 0.1) is 6.92 Å². The molecule has 0 atom stereocenters. The van der Waals surface area contributed by atoms with Crippen LogP contribution in [0.2, 0.25) is 5.02 Å². The maximum atomic E-state index is 13.2. The van der Waals surface area contributed by atoms with Crippen molar-refractivity contribution in [2.24, 2.45) is 0 Å². The smallest absolute Gasteiger partial charge is 0.322 e. The van der Waals surface area contributed by atoms with Gasteiger partial charge < -0.3 is 19.9 Å². The maximum absolute atomic E-state index is 13.2. The summed E-state index contributed by atoms with van der Waals surface area (Å²) in [5, 5.41) is 4.29. The molecule has 2 heterocycles. The number of carbonyl (C=O) groups excluding carboxylic acids is 1. The molecular formula is C24H27ClN4O3. The van der Waals surface area contributed by atoms with Gasteiger partial charge in [-0.25, -0.2) is 4.79 Å². The number of pyridine rings is 1. The van der Waals surface area contributed by atoms with Gasteiger partial charge in [-0.05, 0) is 42.6 Å². The van der Waals surface area contributed by atoms with Gasteiger partial charge in [0.2, 0.25) is 0 Å². The summed E-state index contributed by atoms with van der Waals surface area (Å²) in [7, 11) is 0. The second-order valence-electron chi connectivity index (χ2n) is 8.00. The van der Waals surface area contributed by atoms with Crippen LogP contribution < -0.4 is 10.9 Å². The van der Waals surface area contributed by atoms with E-state index in [1.165, 1.54) is 0 Å². The van der Waals surface area contributed by atoms with Crippen LogP contribution in [0.4, 0.5) is 10.5 Å². The van der Waals surface area contributed by atoms with E-state index in [0.29, 0.717) is 42.6 Å². The highest BCUT2D eigenvalue weighted by Gasteiger charge is 2.19. The summed E-state index contributed by atoms with van der Waals surface area (Å²) in [6.45, 7) is 6.41. The number of aromatic nitrogens is 1. The van der Waals surface area contributed by atoms with Crippen LogP contribution in [0.25, 0.3) is 10.9 Å². The average molecular weight is 455 g/mol. The molecule has 0 bridgehead atoms. The maximum Gasteiger partial charge on any atom is 0.322 e. The fourth-order valence-corrected chi connectivity index (χ4v) is 3.97. The minimum absolute atomic E-state index is 0.191. The Bertz CT molecular complexity index is 1160. The van der Waals surface area contributed by atoms with Gasteiger partial charge in [-0.1, -0.05) is 35.4 Å². The van der Waals surface area contributed by atoms with Crippen LogP contribution in [-0.4, -0.2) is 60.2 Å². The van der Waals surface area contributed by atoms with Crippen molar-refractivity contribution in [1.82, 2.24) is 14.8 Å². The molecule has 32 heavy (non-hydrogen) atoms. The lowest BCUT2D eigenvalue weighted by Gasteiger charge is -2.30. The van der Waals surface area contributed by atoms with Gasteiger partial charge in [0.25, 0.3) is 5.56 Å². The van der Waals surface area contributed by atoms with Gasteiger partial charge in [0.05, 0.1) is 30.5 Å². The number of ether oxygens (including phenoxy) is 1. The molecule has 1 saturated heterocycles. The molecule has 1 fully saturated rings. The Morgan fingerprint density at radius 3 is 2.75 bits per heavy atom. The van der Waals surface area contributed by atoms with Crippen molar-refractivity contribution < 1.29 is 9.53 Å². The summed E-state index contributed by atoms with van der Waals surface area (Å²) in [5.41, 5.74) is 2.78. The lowest BCUT2D eigenvalue weighted by atomic mass is 10.1. The summed E-state index contributed by atoms with van der Waals surface area (Å²) in [6.07, 6.45) is 0. The van der Waals surface area contributed by atoms with E-state index < -0.39 is 0 Å². The third-order valence-corrected chi connectivity index (χ3v) is 5.96. The molecule has 8 heteroatoms. The van der Waals surface area contributed by atoms with E-state index in [4.69, 9.17) is 16.3 Å². The summed E-state index contributed by atoms with van der Waals surface area (Å²) in [6, 6.07) is 14.6. The van der Waals surface area contributed by atoms with Gasteiger partial charge in [-0.15, -0.1) is 0 Å². The molecule has 1 aromatic heterocycles. The fraction of sp³-hybridized carbons (Fsp3) is 0.333. The number of hydrogen-bond donors (Lipinski definition) is 2. The molecule has 0 radical (unpaired) electrons. The van der Waals surface area contributed by atoms with E-state index >= 15 is 0 Å². The Morgan fingerprint density at radius 2 is 1.97 bits per heavy atom. The highest BCUT2D eigenvalue weighted by Crippen LogP contribution is 2.21. The number of fused-ring (bicyclic) bond motifs is 1. The molecule has 0 saturated carbocycles. The zero-order chi connectivity index (χ0) is 22.5. The Hall–Kier alpha value is -2.87. The van der Waals surface area contributed by atoms with E-state index in [0.717, 1.165) is 29.6 Å². The summed E-state index contributed by atoms with van der Waals surface area (Å²) >= 11 is 6.23. The number of carbonyl (C=O) groups is 1. The van der Waals surface area contributed by atoms with Crippen molar-refractivity contribution in [1.29, 1.82) is 0 Å². The summed E-state index contributed by atoms with van der Waals surface area (Å²) < 4.78 is 5.41. The second-order valence-corrected chi connectivity index (χ2v) is 8.41. The lowest BCUT2D eigenvalue weighted by molar-refractivity contribution is 0.0349. The van der Waals surface area contributed by atoms with Crippen LogP contribution in [0.3, 0.4) is 0 Å². The molecule has 1 aliphatic heterocycles. The van der Waals surface area contributed by atoms with Crippen LogP contribution in [0.1, 0.15) is 11.1 Å². The molecule has 4 rings (SSSR count). The summed E-state index contributed by atoms with van der Waals surface area (Å²) in [4.78, 5) is 32.8. The highest BCUT2D eigenvalue weighted by molar-refractivity contribution is 6.33. The van der Waals surface area contributed by atoms with Crippen LogP contribution in [0.15, 0.2) is 53.3 Å². The fourth-order valence-electron chi connectivity index (χ4n) is 3.79. The number of hydrogen-bond acceptors (Lipinski definition) is 4. The number of halogens is 1. The molecule has 0 spiro atoms. The predicted octanol–water partition coefficient (Wildman–Crippen LogP) is 3.86. The van der Waals surface area contributed by atoms with Gasteiger partial charge in [-0.2, -0.15) is 0 Å². The molecule has 0 aliphatic carbocycles. The number of aryl methyl sites for hydroxylation is 1. The number of morpholine rings is 1. The monoisotopic (exact) mass is 454 g/mol. The Morgan fingerprint density at radius 1 is 1.19 bits per heavy atom. The van der Waals surface area contributed by atoms with Gasteiger partial charge in [0, 0.05) is 37.3 Å². The van der Waals surface area contributed by atoms with E-state index in [1.54, 1.807) is 17.0 Å². The second kappa shape index (κ2) is 10.2. The third kappa shape index (κ3) is 5.48. The zero-order valence-electron chi connectivity index (χ0n) is 18.1. The van der Waals surface area contributed by atoms with E-state index in [-0.39, 0.29) is 18.1 Å². The lowest BCUT2D eigenvalue weighted by Crippen LogP contribution is -2.44. The third-order valence-electron chi connectivity index (χ3n) is 5.63. The molecular weight excluding hydrogens is 428 g/mol. The first-order valence-corrected chi connectivity index (χ1v) is 11.1. The van der Waals surface area contributed by atoms with Crippen molar-refractivity contribution in [2.45, 2.75) is 13.5 Å². The number of benzene rings is 2. The standard InChI is InChI=1S/C24H27ClN4O3/c1-17-6-7-21-18(14-17)15-19(23(30)26-21)16-29(9-8-28-10-12-32-13-11-28)24(31)27-22-5-3-2-4-20(22)25/h2-7,14-15H,8-13,16H2,1H3,(H,26,30)(H,27,31). The summed E-state index contributed by atoms with van der Waals surface area (Å²) in [5.74, 6) is 0. The minimum Gasteiger partial charge on any atom is -0.379 e. The Kier molecular flexibility index (Phi) is 7.09. The number of urea groups is 1. The SMILES string of the molecule is Cc1ccc2[nH]c(=O)c(CN(CCN3CCOCC3)C(=O)Nc3ccccc3Cl)cc2c1. The van der Waals surface area contributed by atoms with Gasteiger partial charge in [-0.3, -0.25) is 9.69 Å². The number of rotatable bonds is 6. The van der Waals surface area contributed by atoms with Crippen LogP contribution in [-0.2, 0) is 11.3 Å². The van der Waals surface area contributed by atoms with Crippen molar-refractivity contribution in [3.63, 3.8) is 0 Å². The minimum atomic E-state index is -0.296. The first-order valence-electron chi connectivity index (χ1n) is 10.7. The highest BCUT2D eigenvalue weighted by atomic mass is 35.5. The predicted molar refractivity (Wildman–Crippen MR) is 127 cm³/mol. The number of H-pyrrole nitrogens is 1. The molecule has 168 valence electrons. The molecule has 0 unspecified atom stereocenters. The zero-order valence-corrected chi connectivity index (χ0v) is 18.8. The Balaban J connectivity index is 1.57. The number of nitrogens with zero attached hydrogens (tertiary/aromatic N) is 2. The number of anilines is 1. The van der Waals surface area contributed by atoms with Gasteiger partial charge in [0.15, 0.2) is 0 Å². The first kappa shape index (κ1) is 22.3. The van der Waals surface area contributed by atoms with Gasteiger partial charge in [0.1, 0.15) is 0 Å². The van der Waals surface area contributed by atoms with Crippen molar-refractivity contribution in [3.05, 3.63) is 75.0 Å². The number of nitrogens with one attached hydrogen (secondary N) is 2. The van der Waals surface area contributed by atoms with E-state index in [1.807, 2.05) is 43.3 Å². The molecule has 2 N–H and O–H groups in total. The van der Waals surface area contributed by atoms with Crippen LogP contribution in [0.5, 0.6) is 0 Å². The quantitative estimate of drug-likeness (QED) is 0.593. The topological polar surface area (TPSA) is 77.7 Å². The van der Waals surface area contributed by atoms with Crippen molar-refractivity contribution >= 4 is 34.2 Å². The van der Waals surface area contributed by atoms with E-state index in [2.05, 4.69) is 15.2 Å². The number of aromatic amines is 1. The van der Waals surface area contributed by atoms with Crippen molar-refractivity contribution in [3.8, 4) is 0 Å². The first-order chi connectivity index (χ1) is 15.5.